The molecule has 6 heteroatoms. The Morgan fingerprint density at radius 3 is 2.45 bits per heavy atom. The molecule has 1 heterocycles. The lowest BCUT2D eigenvalue weighted by Crippen LogP contribution is -2.34. The summed E-state index contributed by atoms with van der Waals surface area (Å²) in [5.41, 5.74) is 5.96. The Balaban J connectivity index is 2.88. The van der Waals surface area contributed by atoms with Crippen molar-refractivity contribution < 1.29 is 4.79 Å². The second kappa shape index (κ2) is 6.43. The van der Waals surface area contributed by atoms with E-state index in [-0.39, 0.29) is 11.3 Å². The van der Waals surface area contributed by atoms with Gasteiger partial charge in [0.1, 0.15) is 10.7 Å². The number of nitrogens with zero attached hydrogens (tertiary/aromatic N) is 3. The van der Waals surface area contributed by atoms with Gasteiger partial charge in [-0.3, -0.25) is 4.79 Å². The maximum atomic E-state index is 12.4. The van der Waals surface area contributed by atoms with E-state index in [0.29, 0.717) is 17.2 Å². The van der Waals surface area contributed by atoms with Crippen molar-refractivity contribution in [1.29, 1.82) is 0 Å². The molecule has 1 aromatic rings. The molecule has 1 rings (SSSR count). The molecule has 0 saturated carbocycles. The van der Waals surface area contributed by atoms with Gasteiger partial charge >= 0.3 is 0 Å². The molecule has 0 atom stereocenters. The van der Waals surface area contributed by atoms with Crippen molar-refractivity contribution in [3.8, 4) is 0 Å². The van der Waals surface area contributed by atoms with Crippen molar-refractivity contribution in [2.45, 2.75) is 34.1 Å². The van der Waals surface area contributed by atoms with Gasteiger partial charge in [0.25, 0.3) is 5.91 Å². The first-order valence-corrected chi connectivity index (χ1v) is 7.70. The lowest BCUT2D eigenvalue weighted by atomic mass is 9.96. The maximum Gasteiger partial charge on any atom is 0.267 e. The van der Waals surface area contributed by atoms with Crippen LogP contribution in [0, 0.1) is 5.41 Å². The van der Waals surface area contributed by atoms with Gasteiger partial charge in [0.15, 0.2) is 5.13 Å². The van der Waals surface area contributed by atoms with E-state index in [1.807, 2.05) is 19.0 Å². The molecule has 0 aliphatic carbocycles. The van der Waals surface area contributed by atoms with E-state index in [2.05, 4.69) is 32.7 Å². The Morgan fingerprint density at radius 2 is 1.95 bits per heavy atom. The fraction of sp³-hybridized carbons (Fsp3) is 0.714. The third-order valence-electron chi connectivity index (χ3n) is 2.78. The van der Waals surface area contributed by atoms with Crippen molar-refractivity contribution in [3.05, 3.63) is 4.88 Å². The zero-order chi connectivity index (χ0) is 15.5. The van der Waals surface area contributed by atoms with Gasteiger partial charge in [-0.15, -0.1) is 0 Å². The molecule has 2 N–H and O–H groups in total. The predicted octanol–water partition coefficient (Wildman–Crippen LogP) is 2.69. The molecule has 1 amide bonds. The number of nitrogen functional groups attached to an aromatic ring is 1. The van der Waals surface area contributed by atoms with Crippen LogP contribution in [0.4, 0.5) is 10.9 Å². The van der Waals surface area contributed by atoms with Gasteiger partial charge in [-0.2, -0.15) is 0 Å². The predicted molar refractivity (Wildman–Crippen MR) is 86.5 cm³/mol. The summed E-state index contributed by atoms with van der Waals surface area (Å²) in [6, 6.07) is 0. The molecule has 0 spiro atoms. The third-order valence-corrected chi connectivity index (χ3v) is 3.95. The third kappa shape index (κ3) is 4.37. The maximum absolute atomic E-state index is 12.4. The van der Waals surface area contributed by atoms with Crippen LogP contribution in [0.5, 0.6) is 0 Å². The number of carbonyl (C=O) groups is 1. The van der Waals surface area contributed by atoms with Crippen LogP contribution in [-0.4, -0.2) is 43.0 Å². The summed E-state index contributed by atoms with van der Waals surface area (Å²) in [4.78, 5) is 21.0. The van der Waals surface area contributed by atoms with Gasteiger partial charge in [-0.05, 0) is 11.8 Å². The molecular formula is C14H26N4OS. The van der Waals surface area contributed by atoms with Gasteiger partial charge in [0.05, 0.1) is 0 Å². The number of aromatic nitrogens is 1. The fourth-order valence-corrected chi connectivity index (χ4v) is 2.99. The van der Waals surface area contributed by atoms with E-state index in [9.17, 15) is 4.79 Å². The largest absolute Gasteiger partial charge is 0.382 e. The topological polar surface area (TPSA) is 62.5 Å². The van der Waals surface area contributed by atoms with E-state index in [1.165, 1.54) is 11.3 Å². The lowest BCUT2D eigenvalue weighted by molar-refractivity contribution is 0.0751. The molecule has 1 aromatic heterocycles. The van der Waals surface area contributed by atoms with Crippen LogP contribution in [0.2, 0.25) is 0 Å². The summed E-state index contributed by atoms with van der Waals surface area (Å²) < 4.78 is 0. The Kier molecular flexibility index (Phi) is 5.39. The van der Waals surface area contributed by atoms with Crippen molar-refractivity contribution in [1.82, 2.24) is 9.88 Å². The average molecular weight is 298 g/mol. The molecule has 0 bridgehead atoms. The van der Waals surface area contributed by atoms with Gasteiger partial charge in [0.2, 0.25) is 0 Å². The molecule has 0 aromatic carbocycles. The van der Waals surface area contributed by atoms with Gasteiger partial charge in [-0.25, -0.2) is 4.98 Å². The average Bonchev–Trinajstić information content (AvgIpc) is 2.68. The first-order chi connectivity index (χ1) is 9.15. The molecule has 0 fully saturated rings. The van der Waals surface area contributed by atoms with Gasteiger partial charge < -0.3 is 15.5 Å². The second-order valence-electron chi connectivity index (χ2n) is 6.35. The van der Waals surface area contributed by atoms with Crippen LogP contribution in [0.3, 0.4) is 0 Å². The zero-order valence-electron chi connectivity index (χ0n) is 13.4. The lowest BCUT2D eigenvalue weighted by Gasteiger charge is -2.26. The number of nitrogens with two attached hydrogens (primary N) is 1. The first-order valence-electron chi connectivity index (χ1n) is 6.88. The molecule has 0 unspecified atom stereocenters. The highest BCUT2D eigenvalue weighted by atomic mass is 32.1. The molecule has 114 valence electrons. The Hall–Kier alpha value is -1.30. The van der Waals surface area contributed by atoms with Crippen molar-refractivity contribution in [2.75, 3.05) is 37.8 Å². The molecule has 0 aliphatic rings. The summed E-state index contributed by atoms with van der Waals surface area (Å²) >= 11 is 1.37. The van der Waals surface area contributed by atoms with Crippen molar-refractivity contribution in [2.24, 2.45) is 5.41 Å². The Labute approximate surface area is 125 Å². The highest BCUT2D eigenvalue weighted by molar-refractivity contribution is 7.18. The number of carbonyl (C=O) groups excluding carboxylic acids is 1. The first kappa shape index (κ1) is 16.8. The van der Waals surface area contributed by atoms with E-state index in [4.69, 9.17) is 5.73 Å². The summed E-state index contributed by atoms with van der Waals surface area (Å²) in [6.07, 6.45) is 1.03. The fourth-order valence-electron chi connectivity index (χ4n) is 2.02. The molecular weight excluding hydrogens is 272 g/mol. The molecule has 0 aliphatic heterocycles. The minimum Gasteiger partial charge on any atom is -0.382 e. The van der Waals surface area contributed by atoms with E-state index in [1.54, 1.807) is 4.90 Å². The van der Waals surface area contributed by atoms with Crippen LogP contribution in [0.15, 0.2) is 0 Å². The minimum absolute atomic E-state index is 0.0499. The molecule has 5 nitrogen and oxygen atoms in total. The van der Waals surface area contributed by atoms with Crippen LogP contribution >= 0.6 is 11.3 Å². The molecule has 0 saturated heterocycles. The smallest absolute Gasteiger partial charge is 0.267 e. The van der Waals surface area contributed by atoms with Crippen molar-refractivity contribution >= 4 is 28.2 Å². The minimum atomic E-state index is -0.0499. The summed E-state index contributed by atoms with van der Waals surface area (Å²) in [7, 11) is 3.77. The summed E-state index contributed by atoms with van der Waals surface area (Å²) in [6.45, 7) is 10.0. The number of hydrogen-bond acceptors (Lipinski definition) is 5. The highest BCUT2D eigenvalue weighted by Gasteiger charge is 2.24. The van der Waals surface area contributed by atoms with Crippen molar-refractivity contribution in [3.63, 3.8) is 0 Å². The zero-order valence-corrected chi connectivity index (χ0v) is 14.2. The highest BCUT2D eigenvalue weighted by Crippen LogP contribution is 2.29. The van der Waals surface area contributed by atoms with Crippen LogP contribution in [0.1, 0.15) is 43.8 Å². The quantitative estimate of drug-likeness (QED) is 0.908. The van der Waals surface area contributed by atoms with E-state index in [0.717, 1.165) is 18.1 Å². The number of rotatable bonds is 5. The Morgan fingerprint density at radius 1 is 1.35 bits per heavy atom. The number of amides is 1. The van der Waals surface area contributed by atoms with E-state index >= 15 is 0 Å². The van der Waals surface area contributed by atoms with Crippen LogP contribution in [-0.2, 0) is 0 Å². The summed E-state index contributed by atoms with van der Waals surface area (Å²) in [5, 5.41) is 0.803. The van der Waals surface area contributed by atoms with Crippen LogP contribution in [0.25, 0.3) is 0 Å². The van der Waals surface area contributed by atoms with Gasteiger partial charge in [-0.1, -0.05) is 39.0 Å². The Bertz CT molecular complexity index is 464. The standard InChI is InChI=1S/C14H26N4OS/c1-7-8-17(5)13-16-11(15)10(20-13)12(19)18(6)9-14(2,3)4/h7-9,15H2,1-6H3. The van der Waals surface area contributed by atoms with Gasteiger partial charge in [0, 0.05) is 27.2 Å². The molecule has 0 radical (unpaired) electrons. The second-order valence-corrected chi connectivity index (χ2v) is 7.33. The normalized spacial score (nSPS) is 11.5. The monoisotopic (exact) mass is 298 g/mol. The SMILES string of the molecule is CCCN(C)c1nc(N)c(C(=O)N(C)CC(C)(C)C)s1. The summed E-state index contributed by atoms with van der Waals surface area (Å²) in [5.74, 6) is 0.282. The van der Waals surface area contributed by atoms with Crippen LogP contribution < -0.4 is 10.6 Å². The number of anilines is 2. The number of hydrogen-bond donors (Lipinski definition) is 1. The van der Waals surface area contributed by atoms with E-state index < -0.39 is 0 Å². The molecule has 20 heavy (non-hydrogen) atoms. The number of thiazole rings is 1.